The van der Waals surface area contributed by atoms with Crippen molar-refractivity contribution in [3.8, 4) is 11.6 Å². The second-order valence-electron chi connectivity index (χ2n) is 13.8. The first-order valence-electron chi connectivity index (χ1n) is 17.9. The number of aliphatic imine (C=N–C) groups is 1. The molecule has 54 heavy (non-hydrogen) atoms. The minimum Gasteiger partial charge on any atom is -0.494 e. The van der Waals surface area contributed by atoms with E-state index in [1.54, 1.807) is 6.92 Å². The van der Waals surface area contributed by atoms with Gasteiger partial charge in [-0.2, -0.15) is 0 Å². The van der Waals surface area contributed by atoms with Crippen molar-refractivity contribution in [1.29, 1.82) is 0 Å². The summed E-state index contributed by atoms with van der Waals surface area (Å²) >= 11 is 0. The highest BCUT2D eigenvalue weighted by Gasteiger charge is 2.40. The van der Waals surface area contributed by atoms with Crippen LogP contribution in [0.5, 0.6) is 5.88 Å². The zero-order valence-electron chi connectivity index (χ0n) is 30.1. The Bertz CT molecular complexity index is 2750. The number of carbonyl (C=O) groups excluding carboxylic acids is 1. The lowest BCUT2D eigenvalue weighted by Gasteiger charge is -2.42. The van der Waals surface area contributed by atoms with E-state index in [1.165, 1.54) is 25.2 Å². The highest BCUT2D eigenvalue weighted by atomic mass is 19.1. The Morgan fingerprint density at radius 3 is 2.26 bits per heavy atom. The van der Waals surface area contributed by atoms with Gasteiger partial charge in [-0.3, -0.25) is 19.1 Å². The van der Waals surface area contributed by atoms with Gasteiger partial charge in [0.05, 0.1) is 11.7 Å². The molecule has 8 rings (SSSR count). The first kappa shape index (κ1) is 34.5. The predicted octanol–water partition coefficient (Wildman–Crippen LogP) is 7.06. The standard InChI is InChI=1S/C44H38FN5O4/c1-27(39-42(52)48(3)44(54)50(43(39)53)38-20-12-10-18-35(38)45)46-26-34-30-15-7-8-17-32(30)41(51)49(24-23-28-13-5-4-6-14-28)40(34)29-21-22-37-33(25-29)31-16-9-11-19-36(31)47(37)2/h4-22,25,34,40,52H,23-24,26H2,1-3H3/t34-,40-/m1/s1. The quantitative estimate of drug-likeness (QED) is 0.170. The average molecular weight is 720 g/mol. The van der Waals surface area contributed by atoms with E-state index in [0.717, 1.165) is 49.1 Å². The fourth-order valence-electron chi connectivity index (χ4n) is 7.98. The molecule has 0 aliphatic carbocycles. The van der Waals surface area contributed by atoms with Gasteiger partial charge in [-0.25, -0.2) is 13.8 Å². The van der Waals surface area contributed by atoms with Gasteiger partial charge in [0.25, 0.3) is 11.5 Å². The summed E-state index contributed by atoms with van der Waals surface area (Å²) in [6.45, 7) is 2.18. The van der Waals surface area contributed by atoms with Crippen LogP contribution in [0, 0.1) is 5.82 Å². The fourth-order valence-corrected chi connectivity index (χ4v) is 7.98. The topological polar surface area (TPSA) is 102 Å². The van der Waals surface area contributed by atoms with Crippen molar-refractivity contribution < 1.29 is 14.3 Å². The van der Waals surface area contributed by atoms with Crippen molar-refractivity contribution in [2.45, 2.75) is 25.3 Å². The number of amides is 1. The lowest BCUT2D eigenvalue weighted by atomic mass is 9.79. The summed E-state index contributed by atoms with van der Waals surface area (Å²) in [5, 5.41) is 13.3. The van der Waals surface area contributed by atoms with Gasteiger partial charge >= 0.3 is 5.69 Å². The molecule has 1 aliphatic rings. The smallest absolute Gasteiger partial charge is 0.338 e. The summed E-state index contributed by atoms with van der Waals surface area (Å²) in [5.41, 5.74) is 3.58. The van der Waals surface area contributed by atoms with Gasteiger partial charge < -0.3 is 14.6 Å². The van der Waals surface area contributed by atoms with Crippen molar-refractivity contribution in [2.24, 2.45) is 19.1 Å². The number of nitrogens with zero attached hydrogens (tertiary/aromatic N) is 5. The van der Waals surface area contributed by atoms with Crippen LogP contribution in [0.3, 0.4) is 0 Å². The van der Waals surface area contributed by atoms with Gasteiger partial charge in [-0.1, -0.05) is 84.9 Å². The van der Waals surface area contributed by atoms with E-state index in [2.05, 4.69) is 47.0 Å². The molecule has 0 bridgehead atoms. The van der Waals surface area contributed by atoms with E-state index in [4.69, 9.17) is 4.99 Å². The highest BCUT2D eigenvalue weighted by molar-refractivity contribution is 6.08. The zero-order chi connectivity index (χ0) is 37.7. The minimum atomic E-state index is -0.892. The minimum absolute atomic E-state index is 0.0787. The molecule has 9 nitrogen and oxygen atoms in total. The number of aromatic hydroxyl groups is 1. The maximum atomic E-state index is 14.9. The predicted molar refractivity (Wildman–Crippen MR) is 210 cm³/mol. The van der Waals surface area contributed by atoms with Crippen molar-refractivity contribution in [1.82, 2.24) is 18.6 Å². The van der Waals surface area contributed by atoms with Gasteiger partial charge in [0.2, 0.25) is 5.88 Å². The SMILES string of the molecule is CC(=NC[C@@H]1c2ccccc2C(=O)N(CCc2ccccc2)[C@@H]1c1ccc2c(c1)c1ccccc1n2C)c1c(O)n(C)c(=O)n(-c2ccccc2F)c1=O. The molecule has 0 saturated heterocycles. The second-order valence-corrected chi connectivity index (χ2v) is 13.8. The first-order valence-corrected chi connectivity index (χ1v) is 17.9. The summed E-state index contributed by atoms with van der Waals surface area (Å²) in [6.07, 6.45) is 0.637. The fraction of sp³-hybridized carbons (Fsp3) is 0.182. The Kier molecular flexibility index (Phi) is 8.81. The summed E-state index contributed by atoms with van der Waals surface area (Å²) in [5.74, 6) is -1.76. The second kappa shape index (κ2) is 13.8. The number of fused-ring (bicyclic) bond motifs is 4. The molecular weight excluding hydrogens is 682 g/mol. The third kappa shape index (κ3) is 5.71. The van der Waals surface area contributed by atoms with E-state index in [-0.39, 0.29) is 35.3 Å². The third-order valence-corrected chi connectivity index (χ3v) is 10.7. The van der Waals surface area contributed by atoms with Gasteiger partial charge in [0.15, 0.2) is 0 Å². The van der Waals surface area contributed by atoms with E-state index >= 15 is 0 Å². The van der Waals surface area contributed by atoms with Crippen LogP contribution in [0.25, 0.3) is 27.5 Å². The molecule has 2 aromatic heterocycles. The van der Waals surface area contributed by atoms with Gasteiger partial charge in [-0.15, -0.1) is 0 Å². The van der Waals surface area contributed by atoms with E-state index in [1.807, 2.05) is 66.5 Å². The Morgan fingerprint density at radius 2 is 1.46 bits per heavy atom. The molecule has 0 spiro atoms. The number of aromatic nitrogens is 3. The summed E-state index contributed by atoms with van der Waals surface area (Å²) in [4.78, 5) is 48.5. The molecule has 0 radical (unpaired) electrons. The molecule has 3 heterocycles. The average Bonchev–Trinajstić information content (AvgIpc) is 3.48. The van der Waals surface area contributed by atoms with Crippen LogP contribution in [0.15, 0.2) is 136 Å². The Hall–Kier alpha value is -6.55. The summed E-state index contributed by atoms with van der Waals surface area (Å²) < 4.78 is 18.7. The Labute approximate surface area is 310 Å². The zero-order valence-corrected chi connectivity index (χ0v) is 30.1. The molecule has 1 amide bonds. The molecule has 2 atom stereocenters. The molecule has 5 aromatic carbocycles. The lowest BCUT2D eigenvalue weighted by Crippen LogP contribution is -2.44. The van der Waals surface area contributed by atoms with Crippen molar-refractivity contribution in [3.05, 3.63) is 176 Å². The van der Waals surface area contributed by atoms with Crippen molar-refractivity contribution in [2.75, 3.05) is 13.1 Å². The lowest BCUT2D eigenvalue weighted by molar-refractivity contribution is 0.0614. The maximum Gasteiger partial charge on any atom is 0.338 e. The third-order valence-electron chi connectivity index (χ3n) is 10.7. The number of para-hydroxylation sites is 2. The number of aryl methyl sites for hydroxylation is 1. The molecule has 0 unspecified atom stereocenters. The number of halogens is 1. The molecule has 270 valence electrons. The van der Waals surface area contributed by atoms with Gasteiger partial charge in [0.1, 0.15) is 11.4 Å². The summed E-state index contributed by atoms with van der Waals surface area (Å²) in [7, 11) is 3.37. The normalized spacial score (nSPS) is 16.0. The molecule has 1 N–H and O–H groups in total. The molecular formula is C44H38FN5O4. The van der Waals surface area contributed by atoms with Crippen LogP contribution in [0.1, 0.15) is 51.5 Å². The van der Waals surface area contributed by atoms with Crippen molar-refractivity contribution in [3.63, 3.8) is 0 Å². The van der Waals surface area contributed by atoms with Crippen LogP contribution in [-0.4, -0.2) is 48.4 Å². The van der Waals surface area contributed by atoms with E-state index in [0.29, 0.717) is 23.1 Å². The van der Waals surface area contributed by atoms with Crippen LogP contribution < -0.4 is 11.2 Å². The van der Waals surface area contributed by atoms with Crippen LogP contribution in [0.2, 0.25) is 0 Å². The largest absolute Gasteiger partial charge is 0.494 e. The van der Waals surface area contributed by atoms with E-state index < -0.39 is 29.0 Å². The van der Waals surface area contributed by atoms with Crippen LogP contribution >= 0.6 is 0 Å². The maximum absolute atomic E-state index is 14.9. The Balaban J connectivity index is 1.28. The van der Waals surface area contributed by atoms with Crippen molar-refractivity contribution >= 4 is 33.4 Å². The molecule has 10 heteroatoms. The van der Waals surface area contributed by atoms with Crippen LogP contribution in [0.4, 0.5) is 4.39 Å². The highest BCUT2D eigenvalue weighted by Crippen LogP contribution is 2.44. The molecule has 7 aromatic rings. The molecule has 0 fully saturated rings. The number of rotatable bonds is 8. The monoisotopic (exact) mass is 719 g/mol. The number of carbonyl (C=O) groups is 1. The number of benzene rings is 5. The summed E-state index contributed by atoms with van der Waals surface area (Å²) in [6, 6.07) is 37.3. The number of hydrogen-bond acceptors (Lipinski definition) is 5. The Morgan fingerprint density at radius 1 is 0.778 bits per heavy atom. The first-order chi connectivity index (χ1) is 26.2. The van der Waals surface area contributed by atoms with Crippen LogP contribution in [-0.2, 0) is 20.5 Å². The van der Waals surface area contributed by atoms with E-state index in [9.17, 15) is 23.9 Å². The van der Waals surface area contributed by atoms with Gasteiger partial charge in [0, 0.05) is 66.2 Å². The number of hydrogen-bond donors (Lipinski definition) is 1. The molecule has 1 aliphatic heterocycles. The molecule has 0 saturated carbocycles. The van der Waals surface area contributed by atoms with Gasteiger partial charge in [-0.05, 0) is 66.4 Å².